The molecule has 1 amide bonds. The van der Waals surface area contributed by atoms with Crippen molar-refractivity contribution in [1.29, 1.82) is 0 Å². The predicted molar refractivity (Wildman–Crippen MR) is 102 cm³/mol. The number of pyridine rings is 1. The Labute approximate surface area is 162 Å². The van der Waals surface area contributed by atoms with Gasteiger partial charge in [-0.05, 0) is 37.8 Å². The first-order valence-electron chi connectivity index (χ1n) is 9.61. The summed E-state index contributed by atoms with van der Waals surface area (Å²) in [5.74, 6) is 0.0346. The van der Waals surface area contributed by atoms with Crippen LogP contribution in [0, 0.1) is 0 Å². The van der Waals surface area contributed by atoms with Crippen molar-refractivity contribution < 1.29 is 4.79 Å². The van der Waals surface area contributed by atoms with E-state index in [1.165, 1.54) is 0 Å². The fourth-order valence-corrected chi connectivity index (χ4v) is 4.26. The Kier molecular flexibility index (Phi) is 4.03. The molecule has 0 fully saturated rings. The van der Waals surface area contributed by atoms with E-state index in [2.05, 4.69) is 24.9 Å². The van der Waals surface area contributed by atoms with Gasteiger partial charge in [0.2, 0.25) is 5.95 Å². The molecule has 0 spiro atoms. The summed E-state index contributed by atoms with van der Waals surface area (Å²) in [5.41, 5.74) is 10.9. The van der Waals surface area contributed by atoms with Crippen molar-refractivity contribution in [3.8, 4) is 0 Å². The standard InChI is InChI=1S/C20H21N7O/c21-20-25-13-6-2-1-5-12(13)16(26-20)19(28)27-10-8-14-17(24-11-23-14)18(27)15-7-3-4-9-22-15/h3-4,7,9,11,18H,1-2,5-6,8,10H2,(H,23,24)(H2,21,25,26). The number of carbonyl (C=O) groups excluding carboxylic acids is 1. The van der Waals surface area contributed by atoms with Crippen molar-refractivity contribution in [2.75, 3.05) is 12.3 Å². The zero-order chi connectivity index (χ0) is 19.1. The summed E-state index contributed by atoms with van der Waals surface area (Å²) >= 11 is 0. The molecule has 0 saturated carbocycles. The van der Waals surface area contributed by atoms with E-state index >= 15 is 0 Å². The molecule has 1 aliphatic carbocycles. The zero-order valence-corrected chi connectivity index (χ0v) is 15.4. The highest BCUT2D eigenvalue weighted by Gasteiger charge is 2.37. The van der Waals surface area contributed by atoms with Gasteiger partial charge in [-0.3, -0.25) is 9.78 Å². The predicted octanol–water partition coefficient (Wildman–Crippen LogP) is 1.84. The number of imidazole rings is 1. The third-order valence-electron chi connectivity index (χ3n) is 5.56. The van der Waals surface area contributed by atoms with Crippen molar-refractivity contribution in [1.82, 2.24) is 29.8 Å². The Morgan fingerprint density at radius 2 is 2.04 bits per heavy atom. The van der Waals surface area contributed by atoms with E-state index in [1.54, 1.807) is 12.5 Å². The Balaban J connectivity index is 1.60. The summed E-state index contributed by atoms with van der Waals surface area (Å²) < 4.78 is 0. The minimum atomic E-state index is -0.348. The molecule has 8 heteroatoms. The van der Waals surface area contributed by atoms with Crippen LogP contribution in [0.2, 0.25) is 0 Å². The molecule has 8 nitrogen and oxygen atoms in total. The minimum Gasteiger partial charge on any atom is -0.368 e. The molecule has 4 heterocycles. The first-order chi connectivity index (χ1) is 13.7. The number of anilines is 1. The molecular formula is C20H21N7O. The van der Waals surface area contributed by atoms with E-state index in [1.807, 2.05) is 23.1 Å². The molecule has 1 atom stereocenters. The fourth-order valence-electron chi connectivity index (χ4n) is 4.26. The van der Waals surface area contributed by atoms with Crippen LogP contribution in [0.15, 0.2) is 30.7 Å². The quantitative estimate of drug-likeness (QED) is 0.706. The van der Waals surface area contributed by atoms with Gasteiger partial charge in [-0.15, -0.1) is 0 Å². The summed E-state index contributed by atoms with van der Waals surface area (Å²) in [4.78, 5) is 36.4. The van der Waals surface area contributed by atoms with Crippen LogP contribution in [-0.2, 0) is 19.3 Å². The number of amides is 1. The molecule has 5 rings (SSSR count). The average Bonchev–Trinajstić information content (AvgIpc) is 3.21. The van der Waals surface area contributed by atoms with E-state index in [4.69, 9.17) is 5.73 Å². The van der Waals surface area contributed by atoms with Crippen LogP contribution >= 0.6 is 0 Å². The van der Waals surface area contributed by atoms with Gasteiger partial charge in [0, 0.05) is 36.1 Å². The maximum atomic E-state index is 13.7. The molecular weight excluding hydrogens is 354 g/mol. The van der Waals surface area contributed by atoms with E-state index in [-0.39, 0.29) is 17.9 Å². The number of fused-ring (bicyclic) bond motifs is 2. The molecule has 0 saturated heterocycles. The van der Waals surface area contributed by atoms with Crippen LogP contribution in [0.4, 0.5) is 5.95 Å². The second kappa shape index (κ2) is 6.70. The summed E-state index contributed by atoms with van der Waals surface area (Å²) in [6.07, 6.45) is 7.89. The fraction of sp³-hybridized carbons (Fsp3) is 0.350. The molecule has 1 unspecified atom stereocenters. The number of aromatic amines is 1. The number of hydrogen-bond donors (Lipinski definition) is 2. The van der Waals surface area contributed by atoms with Gasteiger partial charge in [0.1, 0.15) is 11.7 Å². The third-order valence-corrected chi connectivity index (χ3v) is 5.56. The Bertz CT molecular complexity index is 1030. The van der Waals surface area contributed by atoms with Crippen LogP contribution in [0.5, 0.6) is 0 Å². The van der Waals surface area contributed by atoms with Crippen molar-refractivity contribution in [2.45, 2.75) is 38.1 Å². The number of nitrogen functional groups attached to an aromatic ring is 1. The Morgan fingerprint density at radius 1 is 1.14 bits per heavy atom. The Hall–Kier alpha value is -3.29. The summed E-state index contributed by atoms with van der Waals surface area (Å²) in [6, 6.07) is 5.37. The molecule has 0 radical (unpaired) electrons. The van der Waals surface area contributed by atoms with E-state index in [0.717, 1.165) is 54.0 Å². The number of aryl methyl sites for hydroxylation is 1. The lowest BCUT2D eigenvalue weighted by Gasteiger charge is -2.35. The maximum absolute atomic E-state index is 13.7. The number of carbonyl (C=O) groups is 1. The number of rotatable bonds is 2. The highest BCUT2D eigenvalue weighted by molar-refractivity contribution is 5.95. The van der Waals surface area contributed by atoms with Crippen molar-refractivity contribution in [2.24, 2.45) is 0 Å². The minimum absolute atomic E-state index is 0.128. The lowest BCUT2D eigenvalue weighted by molar-refractivity contribution is 0.0679. The lowest BCUT2D eigenvalue weighted by atomic mass is 9.93. The summed E-state index contributed by atoms with van der Waals surface area (Å²) in [5, 5.41) is 0. The van der Waals surface area contributed by atoms with Gasteiger partial charge in [0.15, 0.2) is 0 Å². The lowest BCUT2D eigenvalue weighted by Crippen LogP contribution is -2.42. The van der Waals surface area contributed by atoms with Crippen LogP contribution in [0.25, 0.3) is 0 Å². The molecule has 0 aromatic carbocycles. The second-order valence-electron chi connectivity index (χ2n) is 7.23. The molecule has 1 aliphatic heterocycles. The van der Waals surface area contributed by atoms with Crippen LogP contribution in [-0.4, -0.2) is 42.3 Å². The van der Waals surface area contributed by atoms with Crippen molar-refractivity contribution in [3.05, 3.63) is 64.8 Å². The number of nitrogens with one attached hydrogen (secondary N) is 1. The monoisotopic (exact) mass is 375 g/mol. The van der Waals surface area contributed by atoms with Crippen molar-refractivity contribution >= 4 is 11.9 Å². The van der Waals surface area contributed by atoms with Gasteiger partial charge >= 0.3 is 0 Å². The van der Waals surface area contributed by atoms with Gasteiger partial charge in [0.05, 0.1) is 17.7 Å². The van der Waals surface area contributed by atoms with Crippen molar-refractivity contribution in [3.63, 3.8) is 0 Å². The van der Waals surface area contributed by atoms with Crippen LogP contribution in [0.3, 0.4) is 0 Å². The van der Waals surface area contributed by atoms with Crippen LogP contribution in [0.1, 0.15) is 57.7 Å². The summed E-state index contributed by atoms with van der Waals surface area (Å²) in [7, 11) is 0. The highest BCUT2D eigenvalue weighted by Crippen LogP contribution is 2.34. The number of aromatic nitrogens is 5. The molecule has 3 N–H and O–H groups in total. The molecule has 2 aliphatic rings. The molecule has 0 bridgehead atoms. The summed E-state index contributed by atoms with van der Waals surface area (Å²) in [6.45, 7) is 0.563. The SMILES string of the molecule is Nc1nc2c(c(C(=O)N3CCc4[nH]cnc4C3c3ccccn3)n1)CCCC2. The molecule has 142 valence electrons. The maximum Gasteiger partial charge on any atom is 0.273 e. The number of hydrogen-bond acceptors (Lipinski definition) is 6. The van der Waals surface area contributed by atoms with Gasteiger partial charge in [0.25, 0.3) is 5.91 Å². The highest BCUT2D eigenvalue weighted by atomic mass is 16.2. The number of nitrogens with two attached hydrogens (primary N) is 1. The number of H-pyrrole nitrogens is 1. The van der Waals surface area contributed by atoms with Gasteiger partial charge in [-0.1, -0.05) is 6.07 Å². The normalized spacial score (nSPS) is 18.4. The average molecular weight is 375 g/mol. The second-order valence-corrected chi connectivity index (χ2v) is 7.23. The van der Waals surface area contributed by atoms with E-state index < -0.39 is 0 Å². The van der Waals surface area contributed by atoms with Gasteiger partial charge < -0.3 is 15.6 Å². The topological polar surface area (TPSA) is 114 Å². The smallest absolute Gasteiger partial charge is 0.273 e. The molecule has 28 heavy (non-hydrogen) atoms. The third kappa shape index (κ3) is 2.72. The first kappa shape index (κ1) is 16.9. The Morgan fingerprint density at radius 3 is 2.89 bits per heavy atom. The largest absolute Gasteiger partial charge is 0.368 e. The first-order valence-corrected chi connectivity index (χ1v) is 9.61. The molecule has 3 aromatic rings. The molecule has 3 aromatic heterocycles. The van der Waals surface area contributed by atoms with Gasteiger partial charge in [-0.25, -0.2) is 15.0 Å². The zero-order valence-electron chi connectivity index (χ0n) is 15.4. The van der Waals surface area contributed by atoms with E-state index in [9.17, 15) is 4.79 Å². The van der Waals surface area contributed by atoms with Gasteiger partial charge in [-0.2, -0.15) is 0 Å². The van der Waals surface area contributed by atoms with Crippen LogP contribution < -0.4 is 5.73 Å². The van der Waals surface area contributed by atoms with E-state index in [0.29, 0.717) is 18.7 Å². The number of nitrogens with zero attached hydrogens (tertiary/aromatic N) is 5.